The van der Waals surface area contributed by atoms with Crippen molar-refractivity contribution in [3.63, 3.8) is 0 Å². The Labute approximate surface area is 178 Å². The van der Waals surface area contributed by atoms with E-state index in [0.717, 1.165) is 48.4 Å². The first-order chi connectivity index (χ1) is 14.3. The van der Waals surface area contributed by atoms with Crippen LogP contribution in [0.25, 0.3) is 11.3 Å². The van der Waals surface area contributed by atoms with Crippen molar-refractivity contribution in [2.24, 2.45) is 0 Å². The molecule has 0 saturated carbocycles. The predicted octanol–water partition coefficient (Wildman–Crippen LogP) is 3.70. The van der Waals surface area contributed by atoms with Gasteiger partial charge in [0.05, 0.1) is 25.4 Å². The standard InChI is InChI=1S/C23H30N4O3/c1-17-14-18(8-7-12-24-22(28)30-23(2,3)4)10-11-20(17)21-16-27(26-25-21)15-19-9-5-6-13-29-19/h10-11,14,16,19H,5-6,9,12-13,15H2,1-4H3,(H,24,28)/t19-/m1/s1. The van der Waals surface area contributed by atoms with E-state index in [1.165, 1.54) is 6.42 Å². The van der Waals surface area contributed by atoms with Gasteiger partial charge in [0.25, 0.3) is 0 Å². The summed E-state index contributed by atoms with van der Waals surface area (Å²) in [6.45, 7) is 9.30. The number of aryl methyl sites for hydroxylation is 1. The smallest absolute Gasteiger partial charge is 0.408 e. The molecule has 0 unspecified atom stereocenters. The van der Waals surface area contributed by atoms with E-state index in [1.54, 1.807) is 0 Å². The van der Waals surface area contributed by atoms with Crippen LogP contribution in [0.2, 0.25) is 0 Å². The van der Waals surface area contributed by atoms with Gasteiger partial charge in [-0.3, -0.25) is 0 Å². The van der Waals surface area contributed by atoms with Crippen LogP contribution in [0, 0.1) is 18.8 Å². The number of carbonyl (C=O) groups is 1. The van der Waals surface area contributed by atoms with E-state index in [1.807, 2.05) is 56.8 Å². The van der Waals surface area contributed by atoms with E-state index in [-0.39, 0.29) is 12.6 Å². The highest BCUT2D eigenvalue weighted by Gasteiger charge is 2.16. The van der Waals surface area contributed by atoms with Gasteiger partial charge in [-0.1, -0.05) is 23.1 Å². The van der Waals surface area contributed by atoms with Crippen LogP contribution in [0.3, 0.4) is 0 Å². The van der Waals surface area contributed by atoms with Crippen LogP contribution in [-0.4, -0.2) is 45.9 Å². The Morgan fingerprint density at radius 2 is 2.20 bits per heavy atom. The summed E-state index contributed by atoms with van der Waals surface area (Å²) in [7, 11) is 0. The molecule has 0 radical (unpaired) electrons. The van der Waals surface area contributed by atoms with Crippen LogP contribution in [0.5, 0.6) is 0 Å². The summed E-state index contributed by atoms with van der Waals surface area (Å²) in [5.41, 5.74) is 3.31. The highest BCUT2D eigenvalue weighted by Crippen LogP contribution is 2.22. The highest BCUT2D eigenvalue weighted by atomic mass is 16.6. The molecule has 2 heterocycles. The Kier molecular flexibility index (Phi) is 7.11. The molecule has 1 saturated heterocycles. The summed E-state index contributed by atoms with van der Waals surface area (Å²) < 4.78 is 12.8. The van der Waals surface area contributed by atoms with E-state index in [0.29, 0.717) is 0 Å². The summed E-state index contributed by atoms with van der Waals surface area (Å²) in [6, 6.07) is 5.97. The summed E-state index contributed by atoms with van der Waals surface area (Å²) in [5, 5.41) is 11.2. The molecular formula is C23H30N4O3. The van der Waals surface area contributed by atoms with Crippen molar-refractivity contribution in [3.8, 4) is 23.1 Å². The minimum Gasteiger partial charge on any atom is -0.444 e. The lowest BCUT2D eigenvalue weighted by atomic mass is 10.0. The molecule has 0 aliphatic carbocycles. The first-order valence-corrected chi connectivity index (χ1v) is 10.4. The van der Waals surface area contributed by atoms with Crippen LogP contribution in [-0.2, 0) is 16.0 Å². The maximum atomic E-state index is 11.6. The molecule has 0 bridgehead atoms. The van der Waals surface area contributed by atoms with Crippen LogP contribution < -0.4 is 5.32 Å². The molecule has 7 heteroatoms. The average Bonchev–Trinajstić information content (AvgIpc) is 3.13. The van der Waals surface area contributed by atoms with E-state index in [9.17, 15) is 4.79 Å². The largest absolute Gasteiger partial charge is 0.444 e. The summed E-state index contributed by atoms with van der Waals surface area (Å²) in [6.07, 6.45) is 5.15. The fourth-order valence-corrected chi connectivity index (χ4v) is 3.28. The minimum atomic E-state index is -0.518. The third-order valence-electron chi connectivity index (χ3n) is 4.66. The van der Waals surface area contributed by atoms with Crippen LogP contribution in [0.15, 0.2) is 24.4 Å². The number of amides is 1. The van der Waals surface area contributed by atoms with Crippen LogP contribution in [0.4, 0.5) is 4.79 Å². The topological polar surface area (TPSA) is 78.3 Å². The summed E-state index contributed by atoms with van der Waals surface area (Å²) in [5.74, 6) is 6.01. The number of benzene rings is 1. The second-order valence-corrected chi connectivity index (χ2v) is 8.50. The molecule has 3 rings (SSSR count). The molecular weight excluding hydrogens is 380 g/mol. The number of aromatic nitrogens is 3. The molecule has 1 atom stereocenters. The van der Waals surface area contributed by atoms with Crippen molar-refractivity contribution in [1.29, 1.82) is 0 Å². The lowest BCUT2D eigenvalue weighted by Crippen LogP contribution is -2.32. The molecule has 7 nitrogen and oxygen atoms in total. The van der Waals surface area contributed by atoms with Gasteiger partial charge in [-0.05, 0) is 64.7 Å². The molecule has 1 aromatic heterocycles. The molecule has 1 aliphatic rings. The van der Waals surface area contributed by atoms with Crippen molar-refractivity contribution >= 4 is 6.09 Å². The third-order valence-corrected chi connectivity index (χ3v) is 4.66. The maximum absolute atomic E-state index is 11.6. The average molecular weight is 411 g/mol. The van der Waals surface area contributed by atoms with Crippen LogP contribution >= 0.6 is 0 Å². The Balaban J connectivity index is 1.57. The molecule has 1 fully saturated rings. The number of nitrogens with one attached hydrogen (secondary N) is 1. The zero-order valence-electron chi connectivity index (χ0n) is 18.2. The van der Waals surface area contributed by atoms with E-state index in [2.05, 4.69) is 27.5 Å². The van der Waals surface area contributed by atoms with Gasteiger partial charge in [0.2, 0.25) is 0 Å². The second-order valence-electron chi connectivity index (χ2n) is 8.50. The van der Waals surface area contributed by atoms with Gasteiger partial charge in [0.1, 0.15) is 11.3 Å². The Morgan fingerprint density at radius 3 is 2.90 bits per heavy atom. The monoisotopic (exact) mass is 410 g/mol. The van der Waals surface area contributed by atoms with E-state index in [4.69, 9.17) is 9.47 Å². The van der Waals surface area contributed by atoms with Gasteiger partial charge in [-0.2, -0.15) is 0 Å². The summed E-state index contributed by atoms with van der Waals surface area (Å²) in [4.78, 5) is 11.6. The van der Waals surface area contributed by atoms with Gasteiger partial charge in [0.15, 0.2) is 0 Å². The fourth-order valence-electron chi connectivity index (χ4n) is 3.28. The third kappa shape index (κ3) is 6.60. The Bertz CT molecular complexity index is 928. The summed E-state index contributed by atoms with van der Waals surface area (Å²) >= 11 is 0. The molecule has 1 aromatic carbocycles. The SMILES string of the molecule is Cc1cc(C#CCNC(=O)OC(C)(C)C)ccc1-c1cn(C[C@H]2CCCCO2)nn1. The van der Waals surface area contributed by atoms with Gasteiger partial charge in [-0.25, -0.2) is 9.48 Å². The molecule has 160 valence electrons. The van der Waals surface area contributed by atoms with E-state index < -0.39 is 11.7 Å². The minimum absolute atomic E-state index is 0.223. The maximum Gasteiger partial charge on any atom is 0.408 e. The quantitative estimate of drug-likeness (QED) is 0.778. The van der Waals surface area contributed by atoms with E-state index >= 15 is 0 Å². The van der Waals surface area contributed by atoms with Crippen LogP contribution in [0.1, 0.15) is 51.2 Å². The number of carbonyl (C=O) groups excluding carboxylic acids is 1. The normalized spacial score (nSPS) is 16.5. The van der Waals surface area contributed by atoms with Gasteiger partial charge in [0, 0.05) is 17.7 Å². The van der Waals surface area contributed by atoms with Crippen molar-refractivity contribution in [2.75, 3.05) is 13.2 Å². The predicted molar refractivity (Wildman–Crippen MR) is 115 cm³/mol. The van der Waals surface area contributed by atoms with Crippen molar-refractivity contribution in [3.05, 3.63) is 35.5 Å². The molecule has 2 aromatic rings. The van der Waals surface area contributed by atoms with Crippen molar-refractivity contribution in [1.82, 2.24) is 20.3 Å². The molecule has 30 heavy (non-hydrogen) atoms. The van der Waals surface area contributed by atoms with Gasteiger partial charge in [-0.15, -0.1) is 5.10 Å². The van der Waals surface area contributed by atoms with Crippen molar-refractivity contribution in [2.45, 2.75) is 65.2 Å². The molecule has 0 spiro atoms. The zero-order chi connectivity index (χ0) is 21.6. The molecule has 1 amide bonds. The molecule has 1 N–H and O–H groups in total. The number of hydrogen-bond acceptors (Lipinski definition) is 5. The number of rotatable bonds is 4. The van der Waals surface area contributed by atoms with Gasteiger partial charge >= 0.3 is 6.09 Å². The fraction of sp³-hybridized carbons (Fsp3) is 0.522. The first-order valence-electron chi connectivity index (χ1n) is 10.4. The number of nitrogens with zero attached hydrogens (tertiary/aromatic N) is 3. The zero-order valence-corrected chi connectivity index (χ0v) is 18.2. The number of ether oxygens (including phenoxy) is 2. The Morgan fingerprint density at radius 1 is 1.37 bits per heavy atom. The lowest BCUT2D eigenvalue weighted by molar-refractivity contribution is 0.00370. The Hall–Kier alpha value is -2.85. The number of hydrogen-bond donors (Lipinski definition) is 1. The highest BCUT2D eigenvalue weighted by molar-refractivity contribution is 5.68. The number of alkyl carbamates (subject to hydrolysis) is 1. The first kappa shape index (κ1) is 21.8. The lowest BCUT2D eigenvalue weighted by Gasteiger charge is -2.21. The van der Waals surface area contributed by atoms with Crippen molar-refractivity contribution < 1.29 is 14.3 Å². The molecule has 1 aliphatic heterocycles. The van der Waals surface area contributed by atoms with Gasteiger partial charge < -0.3 is 14.8 Å². The second kappa shape index (κ2) is 9.77.